The van der Waals surface area contributed by atoms with Crippen LogP contribution in [0.25, 0.3) is 22.2 Å². The van der Waals surface area contributed by atoms with Gasteiger partial charge in [0.05, 0.1) is 17.4 Å². The van der Waals surface area contributed by atoms with Crippen LogP contribution >= 0.6 is 0 Å². The molecule has 0 radical (unpaired) electrons. The topological polar surface area (TPSA) is 83.5 Å². The Morgan fingerprint density at radius 2 is 1.77 bits per heavy atom. The monoisotopic (exact) mass is 607 g/mol. The van der Waals surface area contributed by atoms with Gasteiger partial charge in [-0.25, -0.2) is 14.4 Å². The number of hydrogen-bond acceptors (Lipinski definition) is 6. The van der Waals surface area contributed by atoms with E-state index in [4.69, 9.17) is 5.73 Å². The molecule has 0 spiro atoms. The zero-order valence-corrected chi connectivity index (χ0v) is 24.4. The first-order chi connectivity index (χ1) is 21.1. The van der Waals surface area contributed by atoms with Crippen LogP contribution in [0.1, 0.15) is 41.1 Å². The van der Waals surface area contributed by atoms with Gasteiger partial charge in [-0.05, 0) is 61.7 Å². The summed E-state index contributed by atoms with van der Waals surface area (Å²) >= 11 is 0. The van der Waals surface area contributed by atoms with Crippen LogP contribution in [0.3, 0.4) is 0 Å². The molecule has 4 heterocycles. The maximum absolute atomic E-state index is 16.2. The van der Waals surface area contributed by atoms with Gasteiger partial charge in [-0.3, -0.25) is 9.69 Å². The number of piperazine rings is 1. The summed E-state index contributed by atoms with van der Waals surface area (Å²) in [6, 6.07) is 7.31. The van der Waals surface area contributed by atoms with Gasteiger partial charge in [-0.1, -0.05) is 6.07 Å². The van der Waals surface area contributed by atoms with Crippen molar-refractivity contribution in [2.75, 3.05) is 50.4 Å². The third-order valence-electron chi connectivity index (χ3n) is 9.13. The highest BCUT2D eigenvalue weighted by atomic mass is 19.4. The number of anilines is 2. The van der Waals surface area contributed by atoms with Crippen LogP contribution in [-0.2, 0) is 30.4 Å². The predicted molar refractivity (Wildman–Crippen MR) is 160 cm³/mol. The zero-order chi connectivity index (χ0) is 30.7. The summed E-state index contributed by atoms with van der Waals surface area (Å²) < 4.78 is 59.2. The number of halogens is 4. The second-order valence-electron chi connectivity index (χ2n) is 12.1. The van der Waals surface area contributed by atoms with Gasteiger partial charge >= 0.3 is 6.18 Å². The van der Waals surface area contributed by atoms with Crippen LogP contribution < -0.4 is 10.6 Å². The SMILES string of the molecule is CN1CCN(Cc2ccc(C(F)(F)F)cc2CC(=O)N2CCc3c2ccc(-c2cn(C4CC4)c4ncnc(N)c24)c3F)CC1. The van der Waals surface area contributed by atoms with Crippen molar-refractivity contribution in [3.63, 3.8) is 0 Å². The third-order valence-corrected chi connectivity index (χ3v) is 9.13. The van der Waals surface area contributed by atoms with E-state index in [0.29, 0.717) is 63.5 Å². The van der Waals surface area contributed by atoms with Gasteiger partial charge in [0.15, 0.2) is 0 Å². The molecule has 2 fully saturated rings. The van der Waals surface area contributed by atoms with Crippen molar-refractivity contribution in [3.05, 3.63) is 70.9 Å². The molecule has 1 aliphatic carbocycles. The fraction of sp³-hybridized carbons (Fsp3) is 0.406. The van der Waals surface area contributed by atoms with Crippen LogP contribution in [-0.4, -0.2) is 70.0 Å². The number of carbonyl (C=O) groups is 1. The Morgan fingerprint density at radius 1 is 1.00 bits per heavy atom. The maximum Gasteiger partial charge on any atom is 0.416 e. The Labute approximate surface area is 252 Å². The van der Waals surface area contributed by atoms with Crippen molar-refractivity contribution in [1.29, 1.82) is 0 Å². The van der Waals surface area contributed by atoms with Crippen molar-refractivity contribution in [2.24, 2.45) is 0 Å². The highest BCUT2D eigenvalue weighted by Gasteiger charge is 2.34. The van der Waals surface area contributed by atoms with E-state index in [2.05, 4.69) is 19.8 Å². The number of aromatic nitrogens is 3. The van der Waals surface area contributed by atoms with Crippen molar-refractivity contribution in [2.45, 2.75) is 44.4 Å². The lowest BCUT2D eigenvalue weighted by Crippen LogP contribution is -2.44. The van der Waals surface area contributed by atoms with Gasteiger partial charge in [-0.15, -0.1) is 0 Å². The van der Waals surface area contributed by atoms with Gasteiger partial charge in [0.1, 0.15) is 23.6 Å². The van der Waals surface area contributed by atoms with Crippen molar-refractivity contribution in [1.82, 2.24) is 24.3 Å². The highest BCUT2D eigenvalue weighted by molar-refractivity contribution is 6.02. The first kappa shape index (κ1) is 28.7. The molecule has 0 bridgehead atoms. The van der Waals surface area contributed by atoms with E-state index in [-0.39, 0.29) is 24.7 Å². The number of nitrogens with two attached hydrogens (primary N) is 1. The lowest BCUT2D eigenvalue weighted by molar-refractivity contribution is -0.137. The molecule has 3 aliphatic rings. The summed E-state index contributed by atoms with van der Waals surface area (Å²) in [5.41, 5.74) is 8.96. The van der Waals surface area contributed by atoms with Gasteiger partial charge in [-0.2, -0.15) is 13.2 Å². The Morgan fingerprint density at radius 3 is 2.50 bits per heavy atom. The predicted octanol–water partition coefficient (Wildman–Crippen LogP) is 5.05. The molecule has 12 heteroatoms. The molecule has 2 aliphatic heterocycles. The zero-order valence-electron chi connectivity index (χ0n) is 24.4. The van der Waals surface area contributed by atoms with Crippen LogP contribution in [0.5, 0.6) is 0 Å². The second-order valence-corrected chi connectivity index (χ2v) is 12.1. The third kappa shape index (κ3) is 5.19. The summed E-state index contributed by atoms with van der Waals surface area (Å²) in [6.07, 6.45) is 0.874. The molecule has 4 aromatic rings. The van der Waals surface area contributed by atoms with Crippen LogP contribution in [0.4, 0.5) is 29.1 Å². The maximum atomic E-state index is 16.2. The molecule has 1 saturated heterocycles. The minimum Gasteiger partial charge on any atom is -0.383 e. The number of hydrogen-bond donors (Lipinski definition) is 1. The summed E-state index contributed by atoms with van der Waals surface area (Å²) in [6.45, 7) is 4.04. The summed E-state index contributed by atoms with van der Waals surface area (Å²) in [7, 11) is 2.04. The number of benzene rings is 2. The van der Waals surface area contributed by atoms with E-state index in [0.717, 1.165) is 51.2 Å². The fourth-order valence-electron chi connectivity index (χ4n) is 6.48. The minimum atomic E-state index is -4.53. The van der Waals surface area contributed by atoms with E-state index in [1.807, 2.05) is 17.8 Å². The molecule has 2 aromatic heterocycles. The molecule has 1 saturated carbocycles. The van der Waals surface area contributed by atoms with Crippen molar-refractivity contribution < 1.29 is 22.4 Å². The Kier molecular flexibility index (Phi) is 7.08. The molecule has 44 heavy (non-hydrogen) atoms. The van der Waals surface area contributed by atoms with E-state index in [9.17, 15) is 18.0 Å². The fourth-order valence-corrected chi connectivity index (χ4v) is 6.48. The van der Waals surface area contributed by atoms with E-state index in [1.54, 1.807) is 12.1 Å². The molecule has 0 unspecified atom stereocenters. The average molecular weight is 608 g/mol. The van der Waals surface area contributed by atoms with E-state index < -0.39 is 17.6 Å². The Bertz CT molecular complexity index is 1760. The van der Waals surface area contributed by atoms with E-state index >= 15 is 4.39 Å². The molecular weight excluding hydrogens is 574 g/mol. The largest absolute Gasteiger partial charge is 0.416 e. The van der Waals surface area contributed by atoms with Crippen LogP contribution in [0, 0.1) is 5.82 Å². The quantitative estimate of drug-likeness (QED) is 0.309. The van der Waals surface area contributed by atoms with Crippen molar-refractivity contribution in [3.8, 4) is 11.1 Å². The lowest BCUT2D eigenvalue weighted by atomic mass is 9.99. The first-order valence-corrected chi connectivity index (χ1v) is 14.9. The van der Waals surface area contributed by atoms with Crippen molar-refractivity contribution >= 4 is 28.4 Å². The number of fused-ring (bicyclic) bond motifs is 2. The van der Waals surface area contributed by atoms with Crippen LogP contribution in [0.15, 0.2) is 42.9 Å². The molecular formula is C32H33F4N7O. The number of carbonyl (C=O) groups excluding carboxylic acids is 1. The number of rotatable bonds is 6. The smallest absolute Gasteiger partial charge is 0.383 e. The van der Waals surface area contributed by atoms with Gasteiger partial charge in [0.25, 0.3) is 0 Å². The summed E-state index contributed by atoms with van der Waals surface area (Å²) in [5, 5.41) is 0.599. The van der Waals surface area contributed by atoms with Gasteiger partial charge in [0.2, 0.25) is 5.91 Å². The molecule has 2 N–H and O–H groups in total. The first-order valence-electron chi connectivity index (χ1n) is 14.9. The number of nitrogen functional groups attached to an aromatic ring is 1. The average Bonchev–Trinajstić information content (AvgIpc) is 3.61. The molecule has 7 rings (SSSR count). The second kappa shape index (κ2) is 10.8. The van der Waals surface area contributed by atoms with E-state index in [1.165, 1.54) is 17.3 Å². The minimum absolute atomic E-state index is 0.210. The van der Waals surface area contributed by atoms with Crippen LogP contribution in [0.2, 0.25) is 0 Å². The standard InChI is InChI=1S/C32H33F4N7O/c1-40-10-12-41(13-11-40)16-19-2-3-21(32(34,35)36)14-20(19)15-27(44)42-9-8-24-26(42)7-6-23(29(24)33)25-17-43(22-4-5-22)31-28(25)30(37)38-18-39-31/h2-3,6-7,14,17-18,22H,4-5,8-13,15-16H2,1H3,(H2,37,38,39). The highest BCUT2D eigenvalue weighted by Crippen LogP contribution is 2.44. The summed E-state index contributed by atoms with van der Waals surface area (Å²) in [5.74, 6) is -0.530. The summed E-state index contributed by atoms with van der Waals surface area (Å²) in [4.78, 5) is 28.1. The lowest BCUT2D eigenvalue weighted by Gasteiger charge is -2.33. The normalized spacial score (nSPS) is 17.9. The molecule has 0 atom stereocenters. The van der Waals surface area contributed by atoms with Gasteiger partial charge in [0, 0.05) is 73.9 Å². The number of alkyl halides is 3. The van der Waals surface area contributed by atoms with Gasteiger partial charge < -0.3 is 20.1 Å². The molecule has 8 nitrogen and oxygen atoms in total. The Balaban J connectivity index is 1.18. The molecule has 2 aromatic carbocycles. The Hall–Kier alpha value is -4.03. The molecule has 230 valence electrons. The number of likely N-dealkylation sites (N-methyl/N-ethyl adjacent to an activating group) is 1. The number of nitrogens with zero attached hydrogens (tertiary/aromatic N) is 6. The number of amides is 1. The molecule has 1 amide bonds.